The zero-order valence-electron chi connectivity index (χ0n) is 6.63. The Morgan fingerprint density at radius 1 is 1.57 bits per heavy atom. The first-order valence-corrected chi connectivity index (χ1v) is 5.50. The summed E-state index contributed by atoms with van der Waals surface area (Å²) in [5, 5.41) is 15.1. The van der Waals surface area contributed by atoms with Crippen LogP contribution in [0.15, 0.2) is 10.3 Å². The summed E-state index contributed by atoms with van der Waals surface area (Å²) in [6, 6.07) is 0.856. The molecule has 0 spiro atoms. The van der Waals surface area contributed by atoms with Gasteiger partial charge in [0.2, 0.25) is 10.0 Å². The fourth-order valence-corrected chi connectivity index (χ4v) is 2.40. The lowest BCUT2D eigenvalue weighted by Crippen LogP contribution is -2.10. The van der Waals surface area contributed by atoms with E-state index in [1.807, 2.05) is 5.43 Å². The van der Waals surface area contributed by atoms with Gasteiger partial charge in [-0.15, -0.1) is 0 Å². The topological polar surface area (TPSA) is 141 Å². The van der Waals surface area contributed by atoms with Crippen LogP contribution in [0.5, 0.6) is 0 Å². The molecule has 0 saturated carbocycles. The molecule has 0 atom stereocenters. The number of nitrogen functional groups attached to an aromatic ring is 1. The largest absolute Gasteiger partial charge is 0.310 e. The molecule has 0 aliphatic rings. The molecule has 1 aromatic rings. The van der Waals surface area contributed by atoms with E-state index >= 15 is 0 Å². The molecule has 0 unspecified atom stereocenters. The fraction of sp³-hybridized carbons (Fsp3) is 0. The van der Waals surface area contributed by atoms with Crippen molar-refractivity contribution in [3.8, 4) is 0 Å². The minimum Gasteiger partial charge on any atom is -0.310 e. The summed E-state index contributed by atoms with van der Waals surface area (Å²) in [7, 11) is -3.93. The zero-order valence-corrected chi connectivity index (χ0v) is 8.26. The number of nitrogens with two attached hydrogens (primary N) is 2. The van der Waals surface area contributed by atoms with Gasteiger partial charge >= 0.3 is 5.69 Å². The smallest absolute Gasteiger partial charge is 0.306 e. The molecule has 0 aromatic carbocycles. The molecule has 0 bridgehead atoms. The maximum absolute atomic E-state index is 10.8. The van der Waals surface area contributed by atoms with E-state index in [4.69, 9.17) is 11.0 Å². The van der Waals surface area contributed by atoms with Gasteiger partial charge < -0.3 is 5.43 Å². The Hall–Kier alpha value is -1.23. The van der Waals surface area contributed by atoms with Crippen molar-refractivity contribution in [2.24, 2.45) is 11.0 Å². The molecule has 0 aliphatic heterocycles. The fourth-order valence-electron chi connectivity index (χ4n) is 0.739. The lowest BCUT2D eigenvalue weighted by Gasteiger charge is -1.91. The second kappa shape index (κ2) is 3.49. The monoisotopic (exact) mass is 238 g/mol. The second-order valence-electron chi connectivity index (χ2n) is 2.23. The van der Waals surface area contributed by atoms with Crippen molar-refractivity contribution in [1.82, 2.24) is 0 Å². The summed E-state index contributed by atoms with van der Waals surface area (Å²) in [6.07, 6.45) is 0. The molecule has 0 fully saturated rings. The van der Waals surface area contributed by atoms with Gasteiger partial charge in [-0.25, -0.2) is 19.4 Å². The quantitative estimate of drug-likeness (QED) is 0.371. The maximum Gasteiger partial charge on any atom is 0.306 e. The molecule has 78 valence electrons. The van der Waals surface area contributed by atoms with E-state index in [-0.39, 0.29) is 9.21 Å². The molecule has 0 amide bonds. The van der Waals surface area contributed by atoms with E-state index in [0.29, 0.717) is 11.3 Å². The third kappa shape index (κ3) is 1.98. The minimum atomic E-state index is -3.93. The molecule has 8 nitrogen and oxygen atoms in total. The van der Waals surface area contributed by atoms with Crippen LogP contribution >= 0.6 is 11.3 Å². The first kappa shape index (κ1) is 10.8. The van der Waals surface area contributed by atoms with Crippen LogP contribution in [-0.4, -0.2) is 13.3 Å². The van der Waals surface area contributed by atoms with Crippen LogP contribution < -0.4 is 16.4 Å². The van der Waals surface area contributed by atoms with Crippen molar-refractivity contribution < 1.29 is 13.3 Å². The predicted molar refractivity (Wildman–Crippen MR) is 50.2 cm³/mol. The maximum atomic E-state index is 10.8. The molecule has 0 radical (unpaired) electrons. The molecular weight excluding hydrogens is 232 g/mol. The van der Waals surface area contributed by atoms with Gasteiger partial charge in [0, 0.05) is 6.07 Å². The highest BCUT2D eigenvalue weighted by molar-refractivity contribution is 7.91. The van der Waals surface area contributed by atoms with E-state index in [1.54, 1.807) is 0 Å². The number of rotatable bonds is 3. The number of anilines is 1. The minimum absolute atomic E-state index is 0.0565. The lowest BCUT2D eigenvalue weighted by molar-refractivity contribution is -0.383. The van der Waals surface area contributed by atoms with Crippen molar-refractivity contribution in [3.05, 3.63) is 16.2 Å². The predicted octanol–water partition coefficient (Wildman–Crippen LogP) is -0.411. The van der Waals surface area contributed by atoms with Gasteiger partial charge in [0.25, 0.3) is 0 Å². The number of sulfonamides is 1. The molecule has 0 saturated heterocycles. The number of primary sulfonamides is 1. The van der Waals surface area contributed by atoms with Gasteiger partial charge in [0.05, 0.1) is 4.92 Å². The summed E-state index contributed by atoms with van der Waals surface area (Å²) < 4.78 is 21.4. The number of hydrazine groups is 1. The molecule has 10 heteroatoms. The number of nitrogens with zero attached hydrogens (tertiary/aromatic N) is 1. The number of hydrogen-bond acceptors (Lipinski definition) is 7. The summed E-state index contributed by atoms with van der Waals surface area (Å²) in [5.74, 6) is 4.97. The summed E-state index contributed by atoms with van der Waals surface area (Å²) in [6.45, 7) is 0. The van der Waals surface area contributed by atoms with Crippen LogP contribution in [0.25, 0.3) is 0 Å². The SMILES string of the molecule is NNc1sc(S(N)(=O)=O)cc1[N+](=O)[O-]. The second-order valence-corrected chi connectivity index (χ2v) is 5.07. The Morgan fingerprint density at radius 2 is 2.14 bits per heavy atom. The highest BCUT2D eigenvalue weighted by Gasteiger charge is 2.23. The van der Waals surface area contributed by atoms with Crippen molar-refractivity contribution in [1.29, 1.82) is 0 Å². The molecule has 14 heavy (non-hydrogen) atoms. The molecule has 1 heterocycles. The first-order valence-electron chi connectivity index (χ1n) is 3.14. The first-order chi connectivity index (χ1) is 6.36. The van der Waals surface area contributed by atoms with Gasteiger partial charge in [-0.1, -0.05) is 11.3 Å². The number of hydrogen-bond donors (Lipinski definition) is 3. The van der Waals surface area contributed by atoms with Crippen LogP contribution in [0.3, 0.4) is 0 Å². The van der Waals surface area contributed by atoms with E-state index in [1.165, 1.54) is 0 Å². The highest BCUT2D eigenvalue weighted by Crippen LogP contribution is 2.35. The third-order valence-electron chi connectivity index (χ3n) is 1.30. The average molecular weight is 238 g/mol. The Morgan fingerprint density at radius 3 is 2.43 bits per heavy atom. The Balaban J connectivity index is 3.34. The van der Waals surface area contributed by atoms with Crippen LogP contribution in [0.4, 0.5) is 10.7 Å². The van der Waals surface area contributed by atoms with Crippen LogP contribution in [-0.2, 0) is 10.0 Å². The van der Waals surface area contributed by atoms with Gasteiger partial charge in [-0.3, -0.25) is 10.1 Å². The van der Waals surface area contributed by atoms with Crippen molar-refractivity contribution in [2.75, 3.05) is 5.43 Å². The normalized spacial score (nSPS) is 11.3. The molecule has 1 aromatic heterocycles. The van der Waals surface area contributed by atoms with E-state index < -0.39 is 20.6 Å². The lowest BCUT2D eigenvalue weighted by atomic mass is 10.5. The van der Waals surface area contributed by atoms with Gasteiger partial charge in [0.15, 0.2) is 5.00 Å². The van der Waals surface area contributed by atoms with E-state index in [2.05, 4.69) is 0 Å². The van der Waals surface area contributed by atoms with Gasteiger partial charge in [-0.2, -0.15) is 0 Å². The highest BCUT2D eigenvalue weighted by atomic mass is 32.2. The van der Waals surface area contributed by atoms with Crippen LogP contribution in [0.1, 0.15) is 0 Å². The summed E-state index contributed by atoms with van der Waals surface area (Å²) in [4.78, 5) is 9.65. The van der Waals surface area contributed by atoms with Crippen molar-refractivity contribution >= 4 is 32.0 Å². The summed E-state index contributed by atoms with van der Waals surface area (Å²) in [5.41, 5.74) is 1.61. The Kier molecular flexibility index (Phi) is 2.71. The Bertz CT molecular complexity index is 464. The van der Waals surface area contributed by atoms with E-state index in [0.717, 1.165) is 6.07 Å². The van der Waals surface area contributed by atoms with E-state index in [9.17, 15) is 18.5 Å². The van der Waals surface area contributed by atoms with Crippen molar-refractivity contribution in [3.63, 3.8) is 0 Å². The molecular formula is C4H6N4O4S2. The summed E-state index contributed by atoms with van der Waals surface area (Å²) >= 11 is 0.604. The zero-order chi connectivity index (χ0) is 10.9. The molecule has 0 aliphatic carbocycles. The third-order valence-corrected chi connectivity index (χ3v) is 3.77. The standard InChI is InChI=1S/C4H6N4O4S2/c5-7-4-2(8(9)10)1-3(13-4)14(6,11)12/h1,7H,5H2,(H2,6,11,12). The number of nitro groups is 1. The number of thiophene rings is 1. The number of nitrogens with one attached hydrogen (secondary N) is 1. The Labute approximate surface area is 82.7 Å². The molecule has 1 rings (SSSR count). The van der Waals surface area contributed by atoms with Crippen LogP contribution in [0, 0.1) is 10.1 Å². The molecule has 5 N–H and O–H groups in total. The van der Waals surface area contributed by atoms with Gasteiger partial charge in [-0.05, 0) is 0 Å². The average Bonchev–Trinajstić information content (AvgIpc) is 2.45. The van der Waals surface area contributed by atoms with Gasteiger partial charge in [0.1, 0.15) is 4.21 Å². The van der Waals surface area contributed by atoms with Crippen molar-refractivity contribution in [2.45, 2.75) is 4.21 Å². The van der Waals surface area contributed by atoms with Crippen LogP contribution in [0.2, 0.25) is 0 Å².